The van der Waals surface area contributed by atoms with Crippen LogP contribution in [0.4, 0.5) is 11.4 Å². The molecule has 3 N–H and O–H groups in total. The fraction of sp³-hybridized carbons (Fsp3) is 0.455. The van der Waals surface area contributed by atoms with E-state index in [0.717, 1.165) is 18.5 Å². The van der Waals surface area contributed by atoms with E-state index in [2.05, 4.69) is 4.72 Å². The molecule has 0 saturated heterocycles. The average molecular weight is 257 g/mol. The van der Waals surface area contributed by atoms with Gasteiger partial charge >= 0.3 is 0 Å². The van der Waals surface area contributed by atoms with Crippen molar-refractivity contribution in [3.8, 4) is 0 Å². The van der Waals surface area contributed by atoms with Gasteiger partial charge in [0.25, 0.3) is 0 Å². The fourth-order valence-electron chi connectivity index (χ4n) is 1.59. The van der Waals surface area contributed by atoms with Crippen molar-refractivity contribution in [2.24, 2.45) is 0 Å². The van der Waals surface area contributed by atoms with Crippen LogP contribution < -0.4 is 15.4 Å². The Morgan fingerprint density at radius 1 is 1.35 bits per heavy atom. The molecule has 5 nitrogen and oxygen atoms in total. The van der Waals surface area contributed by atoms with Crippen molar-refractivity contribution in [3.63, 3.8) is 0 Å². The Kier molecular flexibility index (Phi) is 4.77. The van der Waals surface area contributed by atoms with Gasteiger partial charge in [-0.05, 0) is 19.1 Å². The third kappa shape index (κ3) is 4.62. The van der Waals surface area contributed by atoms with Gasteiger partial charge in [-0.2, -0.15) is 0 Å². The molecule has 0 heterocycles. The van der Waals surface area contributed by atoms with Crippen LogP contribution in [0.2, 0.25) is 0 Å². The first-order valence-electron chi connectivity index (χ1n) is 5.48. The first kappa shape index (κ1) is 13.8. The molecule has 0 aromatic heterocycles. The highest BCUT2D eigenvalue weighted by molar-refractivity contribution is 7.88. The summed E-state index contributed by atoms with van der Waals surface area (Å²) < 4.78 is 24.4. The van der Waals surface area contributed by atoms with Crippen LogP contribution in [0.25, 0.3) is 0 Å². The first-order chi connectivity index (χ1) is 7.94. The zero-order valence-corrected chi connectivity index (χ0v) is 11.0. The molecule has 0 radical (unpaired) electrons. The molecule has 0 unspecified atom stereocenters. The molecule has 0 bridgehead atoms. The monoisotopic (exact) mass is 257 g/mol. The van der Waals surface area contributed by atoms with Crippen LogP contribution in [-0.4, -0.2) is 34.3 Å². The molecular formula is C11H19N3O2S. The molecular weight excluding hydrogens is 238 g/mol. The fourth-order valence-corrected chi connectivity index (χ4v) is 2.05. The van der Waals surface area contributed by atoms with Crippen molar-refractivity contribution in [2.75, 3.05) is 36.5 Å². The van der Waals surface area contributed by atoms with Crippen LogP contribution in [0.3, 0.4) is 0 Å². The van der Waals surface area contributed by atoms with Crippen LogP contribution in [0.5, 0.6) is 0 Å². The van der Waals surface area contributed by atoms with Crippen LogP contribution in [-0.2, 0) is 10.0 Å². The van der Waals surface area contributed by atoms with Crippen LogP contribution >= 0.6 is 0 Å². The molecule has 1 aromatic carbocycles. The number of hydrogen-bond donors (Lipinski definition) is 2. The molecule has 0 saturated carbocycles. The molecule has 0 amide bonds. The lowest BCUT2D eigenvalue weighted by atomic mass is 10.2. The second kappa shape index (κ2) is 5.88. The maximum atomic E-state index is 11.0. The van der Waals surface area contributed by atoms with Gasteiger partial charge in [0.05, 0.1) is 17.6 Å². The Balaban J connectivity index is 2.64. The largest absolute Gasteiger partial charge is 0.397 e. The second-order valence-corrected chi connectivity index (χ2v) is 5.64. The number of nitrogen functional groups attached to an aromatic ring is 1. The van der Waals surface area contributed by atoms with Crippen LogP contribution in [0.1, 0.15) is 6.92 Å². The maximum absolute atomic E-state index is 11.0. The number of likely N-dealkylation sites (N-methyl/N-ethyl adjacent to an activating group) is 1. The maximum Gasteiger partial charge on any atom is 0.208 e. The van der Waals surface area contributed by atoms with Crippen LogP contribution in [0.15, 0.2) is 24.3 Å². The Hall–Kier alpha value is -1.27. The predicted molar refractivity (Wildman–Crippen MR) is 71.6 cm³/mol. The third-order valence-electron chi connectivity index (χ3n) is 2.41. The molecule has 96 valence electrons. The lowest BCUT2D eigenvalue weighted by Gasteiger charge is -2.24. The summed E-state index contributed by atoms with van der Waals surface area (Å²) >= 11 is 0. The van der Waals surface area contributed by atoms with E-state index >= 15 is 0 Å². The Bertz CT molecular complexity index is 460. The second-order valence-electron chi connectivity index (χ2n) is 3.80. The topological polar surface area (TPSA) is 75.4 Å². The molecule has 0 aliphatic rings. The highest BCUT2D eigenvalue weighted by atomic mass is 32.2. The summed E-state index contributed by atoms with van der Waals surface area (Å²) in [7, 11) is -3.13. The minimum atomic E-state index is -3.13. The van der Waals surface area contributed by atoms with Crippen molar-refractivity contribution in [1.82, 2.24) is 4.72 Å². The van der Waals surface area contributed by atoms with Crippen molar-refractivity contribution >= 4 is 21.4 Å². The van der Waals surface area contributed by atoms with E-state index < -0.39 is 10.0 Å². The Morgan fingerprint density at radius 3 is 2.53 bits per heavy atom. The molecule has 1 rings (SSSR count). The lowest BCUT2D eigenvalue weighted by Crippen LogP contribution is -2.34. The molecule has 0 aliphatic carbocycles. The zero-order valence-electron chi connectivity index (χ0n) is 10.2. The highest BCUT2D eigenvalue weighted by Gasteiger charge is 2.08. The van der Waals surface area contributed by atoms with E-state index in [1.807, 2.05) is 36.1 Å². The Labute approximate surface area is 103 Å². The molecule has 0 atom stereocenters. The van der Waals surface area contributed by atoms with E-state index in [0.29, 0.717) is 18.8 Å². The summed E-state index contributed by atoms with van der Waals surface area (Å²) in [6.07, 6.45) is 1.15. The summed E-state index contributed by atoms with van der Waals surface area (Å²) in [5.41, 5.74) is 7.51. The van der Waals surface area contributed by atoms with Gasteiger partial charge in [-0.15, -0.1) is 0 Å². The van der Waals surface area contributed by atoms with Gasteiger partial charge in [0.15, 0.2) is 0 Å². The van der Waals surface area contributed by atoms with Crippen molar-refractivity contribution in [3.05, 3.63) is 24.3 Å². The number of sulfonamides is 1. The minimum Gasteiger partial charge on any atom is -0.397 e. The normalized spacial score (nSPS) is 11.4. The number of nitrogens with one attached hydrogen (secondary N) is 1. The number of anilines is 2. The number of para-hydroxylation sites is 2. The van der Waals surface area contributed by atoms with Gasteiger partial charge in [-0.1, -0.05) is 12.1 Å². The first-order valence-corrected chi connectivity index (χ1v) is 7.37. The molecule has 1 aromatic rings. The number of benzene rings is 1. The van der Waals surface area contributed by atoms with Crippen molar-refractivity contribution in [1.29, 1.82) is 0 Å². The third-order valence-corrected chi connectivity index (χ3v) is 3.13. The van der Waals surface area contributed by atoms with E-state index in [1.54, 1.807) is 0 Å². The van der Waals surface area contributed by atoms with Gasteiger partial charge in [0.1, 0.15) is 0 Å². The molecule has 0 spiro atoms. The van der Waals surface area contributed by atoms with Gasteiger partial charge in [0.2, 0.25) is 10.0 Å². The zero-order chi connectivity index (χ0) is 12.9. The van der Waals surface area contributed by atoms with Gasteiger partial charge in [0, 0.05) is 19.6 Å². The van der Waals surface area contributed by atoms with E-state index in [4.69, 9.17) is 5.73 Å². The summed E-state index contributed by atoms with van der Waals surface area (Å²) in [5, 5.41) is 0. The molecule has 0 aliphatic heterocycles. The van der Waals surface area contributed by atoms with Gasteiger partial charge in [-0.3, -0.25) is 0 Å². The van der Waals surface area contributed by atoms with Crippen molar-refractivity contribution < 1.29 is 8.42 Å². The minimum absolute atomic E-state index is 0.376. The SMILES string of the molecule is CCN(CCNS(C)(=O)=O)c1ccccc1N. The molecule has 0 fully saturated rings. The number of nitrogens with zero attached hydrogens (tertiary/aromatic N) is 1. The summed E-state index contributed by atoms with van der Waals surface area (Å²) in [4.78, 5) is 2.04. The van der Waals surface area contributed by atoms with Gasteiger partial charge in [-0.25, -0.2) is 13.1 Å². The quantitative estimate of drug-likeness (QED) is 0.734. The summed E-state index contributed by atoms with van der Waals surface area (Å²) in [6, 6.07) is 7.56. The smallest absolute Gasteiger partial charge is 0.208 e. The van der Waals surface area contributed by atoms with E-state index in [-0.39, 0.29) is 0 Å². The molecule has 17 heavy (non-hydrogen) atoms. The van der Waals surface area contributed by atoms with E-state index in [9.17, 15) is 8.42 Å². The van der Waals surface area contributed by atoms with Crippen LogP contribution in [0, 0.1) is 0 Å². The number of hydrogen-bond acceptors (Lipinski definition) is 4. The van der Waals surface area contributed by atoms with Crippen molar-refractivity contribution in [2.45, 2.75) is 6.92 Å². The number of rotatable bonds is 6. The summed E-state index contributed by atoms with van der Waals surface area (Å²) in [6.45, 7) is 3.76. The highest BCUT2D eigenvalue weighted by Crippen LogP contribution is 2.21. The average Bonchev–Trinajstić information content (AvgIpc) is 2.24. The van der Waals surface area contributed by atoms with E-state index in [1.165, 1.54) is 0 Å². The Morgan fingerprint density at radius 2 is 2.00 bits per heavy atom. The van der Waals surface area contributed by atoms with Gasteiger partial charge < -0.3 is 10.6 Å². The number of nitrogens with two attached hydrogens (primary N) is 1. The predicted octanol–water partition coefficient (Wildman–Crippen LogP) is 0.644. The summed E-state index contributed by atoms with van der Waals surface area (Å²) in [5.74, 6) is 0. The molecule has 6 heteroatoms. The standard InChI is InChI=1S/C11H19N3O2S/c1-3-14(9-8-13-17(2,15)16)11-7-5-4-6-10(11)12/h4-7,13H,3,8-9,12H2,1-2H3. The lowest BCUT2D eigenvalue weighted by molar-refractivity contribution is 0.587.